The Labute approximate surface area is 181 Å². The maximum absolute atomic E-state index is 12.4. The molecule has 0 fully saturated rings. The van der Waals surface area contributed by atoms with E-state index in [1.807, 2.05) is 58.0 Å². The molecule has 0 aliphatic rings. The van der Waals surface area contributed by atoms with E-state index in [0.29, 0.717) is 13.0 Å². The van der Waals surface area contributed by atoms with Crippen LogP contribution in [0.1, 0.15) is 33.3 Å². The molecule has 2 aromatic rings. The number of ether oxygens (including phenoxy) is 1. The highest BCUT2D eigenvalue weighted by atomic mass is 79.9. The number of methoxy groups -OCH3 is 1. The number of hydrogen-bond acceptors (Lipinski definition) is 3. The van der Waals surface area contributed by atoms with Crippen LogP contribution in [0.5, 0.6) is 5.75 Å². The van der Waals surface area contributed by atoms with Crippen molar-refractivity contribution in [2.45, 2.75) is 46.2 Å². The molecule has 0 spiro atoms. The minimum absolute atomic E-state index is 0.0322. The van der Waals surface area contributed by atoms with Crippen LogP contribution in [0.4, 0.5) is 0 Å². The van der Waals surface area contributed by atoms with E-state index in [9.17, 15) is 9.59 Å². The van der Waals surface area contributed by atoms with E-state index in [-0.39, 0.29) is 12.1 Å². The smallest absolute Gasteiger partial charge is 0.312 e. The van der Waals surface area contributed by atoms with Crippen LogP contribution in [0.3, 0.4) is 0 Å². The van der Waals surface area contributed by atoms with E-state index >= 15 is 0 Å². The van der Waals surface area contributed by atoms with Crippen molar-refractivity contribution in [1.29, 1.82) is 0 Å². The molecular formula is C23H29BrN2O3. The van der Waals surface area contributed by atoms with Crippen LogP contribution in [0.25, 0.3) is 11.1 Å². The highest BCUT2D eigenvalue weighted by Gasteiger charge is 2.26. The Balaban J connectivity index is 2.09. The van der Waals surface area contributed by atoms with Gasteiger partial charge in [-0.15, -0.1) is 0 Å². The van der Waals surface area contributed by atoms with E-state index in [0.717, 1.165) is 26.9 Å². The molecule has 0 atom stereocenters. The summed E-state index contributed by atoms with van der Waals surface area (Å²) in [5.41, 5.74) is 3.13. The van der Waals surface area contributed by atoms with Gasteiger partial charge < -0.3 is 15.0 Å². The summed E-state index contributed by atoms with van der Waals surface area (Å²) >= 11 is 3.50. The third-order valence-electron chi connectivity index (χ3n) is 4.66. The lowest BCUT2D eigenvalue weighted by atomic mass is 10.0. The van der Waals surface area contributed by atoms with E-state index in [1.165, 1.54) is 0 Å². The van der Waals surface area contributed by atoms with Crippen molar-refractivity contribution in [1.82, 2.24) is 10.2 Å². The fraction of sp³-hybridized carbons (Fsp3) is 0.391. The van der Waals surface area contributed by atoms with Crippen molar-refractivity contribution < 1.29 is 14.3 Å². The molecule has 0 saturated heterocycles. The zero-order valence-electron chi connectivity index (χ0n) is 17.7. The molecule has 156 valence electrons. The van der Waals surface area contributed by atoms with Gasteiger partial charge in [0.05, 0.1) is 7.11 Å². The van der Waals surface area contributed by atoms with Crippen LogP contribution in [0.2, 0.25) is 0 Å². The van der Waals surface area contributed by atoms with Gasteiger partial charge in [-0.1, -0.05) is 34.1 Å². The normalized spacial score (nSPS) is 10.9. The maximum Gasteiger partial charge on any atom is 0.312 e. The van der Waals surface area contributed by atoms with Gasteiger partial charge in [0, 0.05) is 23.1 Å². The van der Waals surface area contributed by atoms with E-state index < -0.39 is 11.8 Å². The SMILES string of the molecule is COc1ccc(-c2cccc(Br)c2)cc1CCNC(=O)C(=O)N(C(C)C)C(C)C. The molecule has 2 amide bonds. The summed E-state index contributed by atoms with van der Waals surface area (Å²) in [4.78, 5) is 26.4. The molecule has 0 unspecified atom stereocenters. The zero-order chi connectivity index (χ0) is 21.6. The van der Waals surface area contributed by atoms with Crippen LogP contribution in [0.15, 0.2) is 46.9 Å². The summed E-state index contributed by atoms with van der Waals surface area (Å²) in [5.74, 6) is -0.310. The molecule has 0 radical (unpaired) electrons. The van der Waals surface area contributed by atoms with Crippen LogP contribution in [-0.4, -0.2) is 42.5 Å². The lowest BCUT2D eigenvalue weighted by Crippen LogP contribution is -2.49. The summed E-state index contributed by atoms with van der Waals surface area (Å²) in [6, 6.07) is 14.0. The van der Waals surface area contributed by atoms with E-state index in [2.05, 4.69) is 33.4 Å². The van der Waals surface area contributed by atoms with Crippen molar-refractivity contribution in [2.75, 3.05) is 13.7 Å². The van der Waals surface area contributed by atoms with Crippen LogP contribution >= 0.6 is 15.9 Å². The predicted octanol–water partition coefficient (Wildman–Crippen LogP) is 4.43. The molecule has 0 bridgehead atoms. The molecule has 6 heteroatoms. The van der Waals surface area contributed by atoms with Crippen LogP contribution in [-0.2, 0) is 16.0 Å². The summed E-state index contributed by atoms with van der Waals surface area (Å²) in [7, 11) is 1.63. The van der Waals surface area contributed by atoms with Crippen molar-refractivity contribution in [3.8, 4) is 16.9 Å². The standard InChI is InChI=1S/C23H29BrN2O3/c1-15(2)26(16(3)4)23(28)22(27)25-12-11-19-13-18(9-10-21(19)29-5)17-7-6-8-20(24)14-17/h6-10,13-16H,11-12H2,1-5H3,(H,25,27). The van der Waals surface area contributed by atoms with Gasteiger partial charge in [0.2, 0.25) is 0 Å². The second kappa shape index (κ2) is 10.4. The number of carbonyl (C=O) groups excluding carboxylic acids is 2. The van der Waals surface area contributed by atoms with Gasteiger partial charge in [-0.2, -0.15) is 0 Å². The third-order valence-corrected chi connectivity index (χ3v) is 5.15. The summed E-state index contributed by atoms with van der Waals surface area (Å²) in [5, 5.41) is 2.75. The molecule has 0 aromatic heterocycles. The fourth-order valence-corrected chi connectivity index (χ4v) is 3.79. The second-order valence-corrected chi connectivity index (χ2v) is 8.36. The molecule has 0 saturated carbocycles. The molecule has 0 aliphatic carbocycles. The first kappa shape index (κ1) is 22.9. The van der Waals surface area contributed by atoms with Gasteiger partial charge in [-0.3, -0.25) is 9.59 Å². The summed E-state index contributed by atoms with van der Waals surface area (Å²) in [6.45, 7) is 7.98. The Kier molecular flexibility index (Phi) is 8.26. The Bertz CT molecular complexity index is 857. The first-order valence-corrected chi connectivity index (χ1v) is 10.6. The number of amides is 2. The largest absolute Gasteiger partial charge is 0.496 e. The number of benzene rings is 2. The molecule has 0 aliphatic heterocycles. The van der Waals surface area contributed by atoms with Crippen molar-refractivity contribution in [2.24, 2.45) is 0 Å². The monoisotopic (exact) mass is 460 g/mol. The predicted molar refractivity (Wildman–Crippen MR) is 120 cm³/mol. The number of nitrogens with one attached hydrogen (secondary N) is 1. The fourth-order valence-electron chi connectivity index (χ4n) is 3.39. The highest BCUT2D eigenvalue weighted by molar-refractivity contribution is 9.10. The van der Waals surface area contributed by atoms with Crippen molar-refractivity contribution in [3.05, 3.63) is 52.5 Å². The lowest BCUT2D eigenvalue weighted by molar-refractivity contribution is -0.148. The highest BCUT2D eigenvalue weighted by Crippen LogP contribution is 2.28. The second-order valence-electron chi connectivity index (χ2n) is 7.44. The Morgan fingerprint density at radius 3 is 2.28 bits per heavy atom. The Morgan fingerprint density at radius 2 is 1.69 bits per heavy atom. The first-order valence-electron chi connectivity index (χ1n) is 9.78. The molecular weight excluding hydrogens is 432 g/mol. The molecule has 5 nitrogen and oxygen atoms in total. The van der Waals surface area contributed by atoms with Crippen LogP contribution in [0, 0.1) is 0 Å². The number of nitrogens with zero attached hydrogens (tertiary/aromatic N) is 1. The topological polar surface area (TPSA) is 58.6 Å². The van der Waals surface area contributed by atoms with Gasteiger partial charge in [0.1, 0.15) is 5.75 Å². The third kappa shape index (κ3) is 6.07. The number of carbonyl (C=O) groups is 2. The van der Waals surface area contributed by atoms with Gasteiger partial charge in [-0.25, -0.2) is 0 Å². The number of hydrogen-bond donors (Lipinski definition) is 1. The molecule has 0 heterocycles. The minimum Gasteiger partial charge on any atom is -0.496 e. The van der Waals surface area contributed by atoms with Crippen molar-refractivity contribution in [3.63, 3.8) is 0 Å². The number of rotatable bonds is 7. The lowest BCUT2D eigenvalue weighted by Gasteiger charge is -2.30. The van der Waals surface area contributed by atoms with E-state index in [4.69, 9.17) is 4.74 Å². The first-order chi connectivity index (χ1) is 13.7. The molecule has 1 N–H and O–H groups in total. The summed E-state index contributed by atoms with van der Waals surface area (Å²) < 4.78 is 6.48. The maximum atomic E-state index is 12.4. The molecule has 29 heavy (non-hydrogen) atoms. The quantitative estimate of drug-likeness (QED) is 0.621. The number of halogens is 1. The van der Waals surface area contributed by atoms with E-state index in [1.54, 1.807) is 12.0 Å². The Hall–Kier alpha value is -2.34. The average Bonchev–Trinajstić information content (AvgIpc) is 2.67. The molecule has 2 rings (SSSR count). The van der Waals surface area contributed by atoms with Gasteiger partial charge >= 0.3 is 11.8 Å². The van der Waals surface area contributed by atoms with Crippen LogP contribution < -0.4 is 10.1 Å². The minimum atomic E-state index is -0.575. The molecule has 2 aromatic carbocycles. The van der Waals surface area contributed by atoms with Crippen molar-refractivity contribution >= 4 is 27.7 Å². The average molecular weight is 461 g/mol. The van der Waals surface area contributed by atoms with Gasteiger partial charge in [0.15, 0.2) is 0 Å². The summed E-state index contributed by atoms with van der Waals surface area (Å²) in [6.07, 6.45) is 0.563. The zero-order valence-corrected chi connectivity index (χ0v) is 19.2. The Morgan fingerprint density at radius 1 is 1.03 bits per heavy atom. The van der Waals surface area contributed by atoms with Gasteiger partial charge in [0.25, 0.3) is 0 Å². The van der Waals surface area contributed by atoms with Gasteiger partial charge in [-0.05, 0) is 75.1 Å².